The Kier molecular flexibility index (Phi) is 8.28. The zero-order chi connectivity index (χ0) is 24.6. The van der Waals surface area contributed by atoms with Crippen molar-refractivity contribution in [2.75, 3.05) is 12.3 Å². The summed E-state index contributed by atoms with van der Waals surface area (Å²) in [7, 11) is -0.975. The molecule has 0 amide bonds. The third-order valence-corrected chi connectivity index (χ3v) is 12.9. The number of rotatable bonds is 10. The lowest BCUT2D eigenvalue weighted by molar-refractivity contribution is 0.440. The highest BCUT2D eigenvalue weighted by Gasteiger charge is 2.39. The van der Waals surface area contributed by atoms with Crippen LogP contribution in [0.25, 0.3) is 0 Å². The van der Waals surface area contributed by atoms with Gasteiger partial charge < -0.3 is 0 Å². The summed E-state index contributed by atoms with van der Waals surface area (Å²) in [6.07, 6.45) is 11.6. The van der Waals surface area contributed by atoms with E-state index < -0.39 is 15.8 Å². The second-order valence-corrected chi connectivity index (χ2v) is 13.9. The summed E-state index contributed by atoms with van der Waals surface area (Å²) in [6.45, 7) is 2.42. The molecule has 0 unspecified atom stereocenters. The fourth-order valence-electron chi connectivity index (χ4n) is 5.24. The number of hydrogen-bond donors (Lipinski definition) is 0. The van der Waals surface area contributed by atoms with Gasteiger partial charge in [0.1, 0.15) is 0 Å². The topological polar surface area (TPSA) is 0 Å². The molecule has 0 atom stereocenters. The summed E-state index contributed by atoms with van der Waals surface area (Å²) in [5.74, 6) is 0. The number of benzene rings is 4. The fourth-order valence-corrected chi connectivity index (χ4v) is 11.2. The normalized spacial score (nSPS) is 13.4. The Bertz CT molecular complexity index is 1110. The molecule has 0 nitrogen and oxygen atoms in total. The van der Waals surface area contributed by atoms with Crippen molar-refractivity contribution in [2.24, 2.45) is 5.41 Å². The minimum atomic E-state index is -0.487. The Morgan fingerprint density at radius 2 is 0.917 bits per heavy atom. The van der Waals surface area contributed by atoms with Crippen molar-refractivity contribution in [3.63, 3.8) is 0 Å². The molecule has 36 heavy (non-hydrogen) atoms. The molecule has 180 valence electrons. The van der Waals surface area contributed by atoms with Crippen LogP contribution in [0.3, 0.4) is 0 Å². The van der Waals surface area contributed by atoms with Crippen LogP contribution in [-0.2, 0) is 0 Å². The van der Waals surface area contributed by atoms with E-state index in [0.29, 0.717) is 0 Å². The van der Waals surface area contributed by atoms with Crippen LogP contribution >= 0.6 is 15.8 Å². The quantitative estimate of drug-likeness (QED) is 0.196. The van der Waals surface area contributed by atoms with Crippen molar-refractivity contribution in [2.45, 2.75) is 19.8 Å². The average molecular weight is 505 g/mol. The van der Waals surface area contributed by atoms with Gasteiger partial charge in [-0.05, 0) is 62.2 Å². The van der Waals surface area contributed by atoms with Crippen molar-refractivity contribution in [3.8, 4) is 0 Å². The van der Waals surface area contributed by atoms with E-state index >= 15 is 0 Å². The molecular formula is C34H34P2. The molecule has 0 spiro atoms. The molecular weight excluding hydrogens is 470 g/mol. The Morgan fingerprint density at radius 3 is 1.19 bits per heavy atom. The minimum absolute atomic E-state index is 0.137. The van der Waals surface area contributed by atoms with Gasteiger partial charge in [-0.15, -0.1) is 0 Å². The maximum absolute atomic E-state index is 2.43. The van der Waals surface area contributed by atoms with Crippen molar-refractivity contribution in [1.82, 2.24) is 0 Å². The van der Waals surface area contributed by atoms with E-state index in [0.717, 1.165) is 12.8 Å². The largest absolute Gasteiger partial charge is 0.0804 e. The first-order chi connectivity index (χ1) is 17.8. The third-order valence-electron chi connectivity index (χ3n) is 7.32. The zero-order valence-electron chi connectivity index (χ0n) is 21.0. The first-order valence-corrected chi connectivity index (χ1v) is 16.0. The molecule has 1 aliphatic rings. The van der Waals surface area contributed by atoms with Crippen LogP contribution in [0.5, 0.6) is 0 Å². The van der Waals surface area contributed by atoms with Crippen LogP contribution in [-0.4, -0.2) is 12.3 Å². The highest BCUT2D eigenvalue weighted by atomic mass is 31.1. The molecule has 0 aliphatic heterocycles. The van der Waals surface area contributed by atoms with Gasteiger partial charge in [-0.1, -0.05) is 152 Å². The van der Waals surface area contributed by atoms with Gasteiger partial charge in [0, 0.05) is 5.41 Å². The molecule has 1 aliphatic carbocycles. The summed E-state index contributed by atoms with van der Waals surface area (Å²) >= 11 is 0. The minimum Gasteiger partial charge on any atom is -0.0804 e. The SMILES string of the molecule is CCC(CP(c1ccccc1)c1ccccc1)(CP(c1ccccc1)c1ccccc1)C1=CC=CC1. The monoisotopic (exact) mass is 504 g/mol. The predicted octanol–water partition coefficient (Wildman–Crippen LogP) is 7.53. The molecule has 5 rings (SSSR count). The van der Waals surface area contributed by atoms with E-state index in [-0.39, 0.29) is 5.41 Å². The smallest absolute Gasteiger partial charge is 0.000587 e. The van der Waals surface area contributed by atoms with E-state index in [9.17, 15) is 0 Å². The van der Waals surface area contributed by atoms with Gasteiger partial charge in [0.25, 0.3) is 0 Å². The van der Waals surface area contributed by atoms with Crippen LogP contribution in [0.1, 0.15) is 19.8 Å². The summed E-state index contributed by atoms with van der Waals surface area (Å²) in [6, 6.07) is 45.0. The van der Waals surface area contributed by atoms with E-state index in [4.69, 9.17) is 0 Å². The molecule has 2 heteroatoms. The van der Waals surface area contributed by atoms with Crippen LogP contribution < -0.4 is 21.2 Å². The zero-order valence-corrected chi connectivity index (χ0v) is 22.8. The molecule has 4 aromatic carbocycles. The molecule has 0 heterocycles. The molecule has 0 saturated carbocycles. The van der Waals surface area contributed by atoms with Gasteiger partial charge in [0.05, 0.1) is 0 Å². The van der Waals surface area contributed by atoms with Gasteiger partial charge in [-0.25, -0.2) is 0 Å². The molecule has 0 aromatic heterocycles. The Balaban J connectivity index is 1.61. The fraction of sp³-hybridized carbons (Fsp3) is 0.176. The van der Waals surface area contributed by atoms with Crippen molar-refractivity contribution >= 4 is 37.1 Å². The van der Waals surface area contributed by atoms with Crippen molar-refractivity contribution in [3.05, 3.63) is 145 Å². The second kappa shape index (κ2) is 12.0. The van der Waals surface area contributed by atoms with Crippen LogP contribution in [0.15, 0.2) is 145 Å². The first kappa shape index (κ1) is 24.9. The highest BCUT2D eigenvalue weighted by Crippen LogP contribution is 2.53. The van der Waals surface area contributed by atoms with Gasteiger partial charge in [-0.3, -0.25) is 0 Å². The van der Waals surface area contributed by atoms with Crippen LogP contribution in [0.2, 0.25) is 0 Å². The number of hydrogen-bond acceptors (Lipinski definition) is 0. The van der Waals surface area contributed by atoms with E-state index in [1.165, 1.54) is 33.5 Å². The molecule has 0 radical (unpaired) electrons. The van der Waals surface area contributed by atoms with E-state index in [1.54, 1.807) is 5.57 Å². The Hall–Kier alpha value is -2.78. The highest BCUT2D eigenvalue weighted by molar-refractivity contribution is 7.74. The first-order valence-electron chi connectivity index (χ1n) is 12.9. The summed E-state index contributed by atoms with van der Waals surface area (Å²) in [5, 5.41) is 5.91. The van der Waals surface area contributed by atoms with E-state index in [2.05, 4.69) is 146 Å². The lowest BCUT2D eigenvalue weighted by Crippen LogP contribution is -2.35. The standard InChI is InChI=1S/C34H34P2/c1-2-34(29-17-15-16-18-29,27-35(30-19-7-3-8-20-30)31-21-9-4-10-22-31)28-36(32-23-11-5-12-24-32)33-25-13-6-14-26-33/h3-17,19-26H,2,18,27-28H2,1H3. The van der Waals surface area contributed by atoms with Gasteiger partial charge in [-0.2, -0.15) is 0 Å². The molecule has 0 fully saturated rings. The van der Waals surface area contributed by atoms with Gasteiger partial charge in [0.15, 0.2) is 0 Å². The van der Waals surface area contributed by atoms with Crippen LogP contribution in [0.4, 0.5) is 0 Å². The van der Waals surface area contributed by atoms with Crippen LogP contribution in [0, 0.1) is 5.41 Å². The summed E-state index contributed by atoms with van der Waals surface area (Å²) < 4.78 is 0. The third kappa shape index (κ3) is 5.62. The lowest BCUT2D eigenvalue weighted by atomic mass is 9.80. The second-order valence-electron chi connectivity index (χ2n) is 9.47. The van der Waals surface area contributed by atoms with E-state index in [1.807, 2.05) is 0 Å². The maximum Gasteiger partial charge on any atom is 0.000587 e. The molecule has 0 bridgehead atoms. The van der Waals surface area contributed by atoms with Gasteiger partial charge >= 0.3 is 0 Å². The van der Waals surface area contributed by atoms with Gasteiger partial charge in [0.2, 0.25) is 0 Å². The summed E-state index contributed by atoms with van der Waals surface area (Å²) in [5.41, 5.74) is 1.75. The number of allylic oxidation sites excluding steroid dienone is 4. The molecule has 0 saturated heterocycles. The Morgan fingerprint density at radius 1 is 0.556 bits per heavy atom. The predicted molar refractivity (Wildman–Crippen MR) is 162 cm³/mol. The Labute approximate surface area is 219 Å². The lowest BCUT2D eigenvalue weighted by Gasteiger charge is -2.41. The maximum atomic E-state index is 2.43. The summed E-state index contributed by atoms with van der Waals surface area (Å²) in [4.78, 5) is 0. The molecule has 4 aromatic rings. The molecule has 0 N–H and O–H groups in total. The van der Waals surface area contributed by atoms with Crippen molar-refractivity contribution in [1.29, 1.82) is 0 Å². The average Bonchev–Trinajstić information content (AvgIpc) is 3.51. The van der Waals surface area contributed by atoms with Crippen molar-refractivity contribution < 1.29 is 0 Å².